The highest BCUT2D eigenvalue weighted by atomic mass is 32.2. The van der Waals surface area contributed by atoms with Crippen molar-refractivity contribution >= 4 is 15.7 Å². The first kappa shape index (κ1) is 14.8. The smallest absolute Gasteiger partial charge is 0.304 e. The number of benzene rings is 1. The summed E-state index contributed by atoms with van der Waals surface area (Å²) in [7, 11) is -4.01. The summed E-state index contributed by atoms with van der Waals surface area (Å²) >= 11 is 0. The minimum atomic E-state index is -4.01. The molecule has 0 unspecified atom stereocenters. The molecule has 9 heteroatoms. The molecular weight excluding hydrogens is 291 g/mol. The number of halogens is 1. The second-order valence-corrected chi connectivity index (χ2v) is 6.54. The van der Waals surface area contributed by atoms with E-state index in [0.717, 1.165) is 18.6 Å². The minimum absolute atomic E-state index is 0.159. The fourth-order valence-electron chi connectivity index (χ4n) is 1.88. The summed E-state index contributed by atoms with van der Waals surface area (Å²) in [6.07, 6.45) is 1.83. The zero-order valence-electron chi connectivity index (χ0n) is 10.4. The lowest BCUT2D eigenvalue weighted by Gasteiger charge is -2.36. The number of hydrogen-bond acceptors (Lipinski definition) is 5. The van der Waals surface area contributed by atoms with Crippen molar-refractivity contribution in [2.24, 2.45) is 0 Å². The summed E-state index contributed by atoms with van der Waals surface area (Å²) in [4.78, 5) is 9.11. The minimum Gasteiger partial charge on any atom is -0.389 e. The van der Waals surface area contributed by atoms with E-state index < -0.39 is 36.9 Å². The third-order valence-electron chi connectivity index (χ3n) is 3.30. The molecule has 7 nitrogen and oxygen atoms in total. The molecule has 1 aromatic carbocycles. The van der Waals surface area contributed by atoms with Crippen molar-refractivity contribution in [2.45, 2.75) is 29.8 Å². The van der Waals surface area contributed by atoms with Crippen molar-refractivity contribution in [1.29, 1.82) is 0 Å². The molecule has 0 amide bonds. The standard InChI is InChI=1S/C11H13FN2O5S/c12-9-6-8(2-3-10(9)14(16)17)20(18,19)13-7-11(15)4-1-5-11/h2-3,6,13,15H,1,4-5,7H2. The first-order valence-electron chi connectivity index (χ1n) is 5.90. The Hall–Kier alpha value is -1.58. The van der Waals surface area contributed by atoms with Crippen LogP contribution in [0.15, 0.2) is 23.1 Å². The molecule has 0 spiro atoms. The Labute approximate surface area is 114 Å². The highest BCUT2D eigenvalue weighted by molar-refractivity contribution is 7.89. The van der Waals surface area contributed by atoms with E-state index in [1.807, 2.05) is 0 Å². The van der Waals surface area contributed by atoms with Crippen molar-refractivity contribution in [3.63, 3.8) is 0 Å². The Balaban J connectivity index is 2.17. The van der Waals surface area contributed by atoms with E-state index >= 15 is 0 Å². The van der Waals surface area contributed by atoms with Crippen molar-refractivity contribution in [3.05, 3.63) is 34.1 Å². The number of hydrogen-bond donors (Lipinski definition) is 2. The van der Waals surface area contributed by atoms with Crippen LogP contribution in [0.1, 0.15) is 19.3 Å². The van der Waals surface area contributed by atoms with E-state index in [4.69, 9.17) is 0 Å². The van der Waals surface area contributed by atoms with Gasteiger partial charge in [0.05, 0.1) is 15.4 Å². The van der Waals surface area contributed by atoms with Gasteiger partial charge in [0, 0.05) is 18.7 Å². The van der Waals surface area contributed by atoms with Crippen LogP contribution < -0.4 is 4.72 Å². The van der Waals surface area contributed by atoms with Gasteiger partial charge in [-0.1, -0.05) is 0 Å². The number of rotatable bonds is 5. The van der Waals surface area contributed by atoms with Crippen molar-refractivity contribution in [1.82, 2.24) is 4.72 Å². The monoisotopic (exact) mass is 304 g/mol. The normalized spacial score (nSPS) is 17.5. The lowest BCUT2D eigenvalue weighted by atomic mass is 9.81. The maximum absolute atomic E-state index is 13.4. The molecular formula is C11H13FN2O5S. The molecule has 0 aromatic heterocycles. The van der Waals surface area contributed by atoms with Gasteiger partial charge in [0.2, 0.25) is 15.8 Å². The Morgan fingerprint density at radius 2 is 2.10 bits per heavy atom. The first-order valence-corrected chi connectivity index (χ1v) is 7.38. The van der Waals surface area contributed by atoms with E-state index in [9.17, 15) is 28.0 Å². The topological polar surface area (TPSA) is 110 Å². The molecule has 2 N–H and O–H groups in total. The average molecular weight is 304 g/mol. The van der Waals surface area contributed by atoms with Gasteiger partial charge in [0.15, 0.2) is 0 Å². The molecule has 0 bridgehead atoms. The van der Waals surface area contributed by atoms with Gasteiger partial charge in [0.1, 0.15) is 0 Å². The van der Waals surface area contributed by atoms with Crippen LogP contribution in [0.5, 0.6) is 0 Å². The molecule has 1 aromatic rings. The largest absolute Gasteiger partial charge is 0.389 e. The van der Waals surface area contributed by atoms with Gasteiger partial charge >= 0.3 is 5.69 Å². The van der Waals surface area contributed by atoms with Crippen molar-refractivity contribution in [3.8, 4) is 0 Å². The van der Waals surface area contributed by atoms with E-state index in [2.05, 4.69) is 4.72 Å². The van der Waals surface area contributed by atoms with Crippen molar-refractivity contribution < 1.29 is 22.8 Å². The van der Waals surface area contributed by atoms with Gasteiger partial charge in [-0.3, -0.25) is 10.1 Å². The zero-order valence-corrected chi connectivity index (χ0v) is 11.2. The van der Waals surface area contributed by atoms with Crippen LogP contribution in [0.25, 0.3) is 0 Å². The summed E-state index contributed by atoms with van der Waals surface area (Å²) in [5.74, 6) is -1.22. The summed E-state index contributed by atoms with van der Waals surface area (Å²) < 4.78 is 39.4. The molecule has 0 aliphatic heterocycles. The third kappa shape index (κ3) is 2.94. The molecule has 2 rings (SSSR count). The average Bonchev–Trinajstić information content (AvgIpc) is 2.33. The molecule has 0 saturated heterocycles. The number of nitro benzene ring substituents is 1. The molecule has 0 atom stereocenters. The maximum atomic E-state index is 13.4. The van der Waals surface area contributed by atoms with Crippen LogP contribution in [0.4, 0.5) is 10.1 Å². The molecule has 1 saturated carbocycles. The Bertz CT molecular complexity index is 642. The van der Waals surface area contributed by atoms with Gasteiger partial charge in [-0.15, -0.1) is 0 Å². The van der Waals surface area contributed by atoms with E-state index in [0.29, 0.717) is 18.9 Å². The van der Waals surface area contributed by atoms with E-state index in [1.165, 1.54) is 0 Å². The highest BCUT2D eigenvalue weighted by Gasteiger charge is 2.35. The quantitative estimate of drug-likeness (QED) is 0.621. The number of aliphatic hydroxyl groups is 1. The lowest BCUT2D eigenvalue weighted by Crippen LogP contribution is -2.47. The summed E-state index contributed by atoms with van der Waals surface area (Å²) in [6.45, 7) is -0.159. The molecule has 0 radical (unpaired) electrons. The molecule has 20 heavy (non-hydrogen) atoms. The van der Waals surface area contributed by atoms with Crippen LogP contribution in [0.3, 0.4) is 0 Å². The molecule has 1 aliphatic carbocycles. The Morgan fingerprint density at radius 3 is 2.55 bits per heavy atom. The summed E-state index contributed by atoms with van der Waals surface area (Å²) in [5.41, 5.74) is -1.84. The van der Waals surface area contributed by atoms with Gasteiger partial charge in [-0.05, 0) is 25.3 Å². The lowest BCUT2D eigenvalue weighted by molar-refractivity contribution is -0.387. The highest BCUT2D eigenvalue weighted by Crippen LogP contribution is 2.31. The van der Waals surface area contributed by atoms with E-state index in [-0.39, 0.29) is 6.54 Å². The number of nitrogens with one attached hydrogen (secondary N) is 1. The summed E-state index contributed by atoms with van der Waals surface area (Å²) in [5, 5.41) is 20.3. The maximum Gasteiger partial charge on any atom is 0.304 e. The Kier molecular flexibility index (Phi) is 3.76. The predicted octanol–water partition coefficient (Wildman–Crippen LogP) is 0.927. The second-order valence-electron chi connectivity index (χ2n) is 4.77. The van der Waals surface area contributed by atoms with E-state index in [1.54, 1.807) is 0 Å². The predicted molar refractivity (Wildman–Crippen MR) is 67.0 cm³/mol. The van der Waals surface area contributed by atoms with Gasteiger partial charge in [-0.2, -0.15) is 4.39 Å². The molecule has 1 fully saturated rings. The SMILES string of the molecule is O=[N+]([O-])c1ccc(S(=O)(=O)NCC2(O)CCC2)cc1F. The molecule has 110 valence electrons. The van der Waals surface area contributed by atoms with Crippen LogP contribution >= 0.6 is 0 Å². The fourth-order valence-corrected chi connectivity index (χ4v) is 3.01. The summed E-state index contributed by atoms with van der Waals surface area (Å²) in [6, 6.07) is 2.33. The zero-order chi connectivity index (χ0) is 15.0. The number of nitro groups is 1. The van der Waals surface area contributed by atoms with Gasteiger partial charge < -0.3 is 5.11 Å². The number of nitrogens with zero attached hydrogens (tertiary/aromatic N) is 1. The molecule has 0 heterocycles. The van der Waals surface area contributed by atoms with Gasteiger partial charge in [-0.25, -0.2) is 13.1 Å². The van der Waals surface area contributed by atoms with Crippen LogP contribution in [0, 0.1) is 15.9 Å². The van der Waals surface area contributed by atoms with Crippen LogP contribution in [0.2, 0.25) is 0 Å². The van der Waals surface area contributed by atoms with Gasteiger partial charge in [0.25, 0.3) is 0 Å². The van der Waals surface area contributed by atoms with Crippen LogP contribution in [-0.2, 0) is 10.0 Å². The second kappa shape index (κ2) is 5.08. The van der Waals surface area contributed by atoms with Crippen molar-refractivity contribution in [2.75, 3.05) is 6.54 Å². The van der Waals surface area contributed by atoms with Crippen LogP contribution in [-0.4, -0.2) is 30.6 Å². The number of sulfonamides is 1. The fraction of sp³-hybridized carbons (Fsp3) is 0.455. The molecule has 1 aliphatic rings. The Morgan fingerprint density at radius 1 is 1.45 bits per heavy atom. The first-order chi connectivity index (χ1) is 9.23. The third-order valence-corrected chi connectivity index (χ3v) is 4.70.